The average Bonchev–Trinajstić information content (AvgIpc) is 2.70. The summed E-state index contributed by atoms with van der Waals surface area (Å²) in [7, 11) is 0. The van der Waals surface area contributed by atoms with Crippen LogP contribution in [-0.4, -0.2) is 10.8 Å². The first kappa shape index (κ1) is 13.1. The fourth-order valence-electron chi connectivity index (χ4n) is 1.94. The van der Waals surface area contributed by atoms with Gasteiger partial charge in [-0.25, -0.2) is 0 Å². The van der Waals surface area contributed by atoms with E-state index in [9.17, 15) is 0 Å². The van der Waals surface area contributed by atoms with E-state index < -0.39 is 0 Å². The zero-order chi connectivity index (χ0) is 13.1. The van der Waals surface area contributed by atoms with Crippen molar-refractivity contribution in [3.8, 4) is 0 Å². The molecule has 94 valence electrons. The first-order valence-electron chi connectivity index (χ1n) is 6.05. The van der Waals surface area contributed by atoms with Gasteiger partial charge in [0.15, 0.2) is 0 Å². The molecule has 0 N–H and O–H groups in total. The number of aromatic nitrogens is 1. The Morgan fingerprint density at radius 2 is 2.00 bits per heavy atom. The van der Waals surface area contributed by atoms with Gasteiger partial charge in [0.25, 0.3) is 0 Å². The highest BCUT2D eigenvalue weighted by Crippen LogP contribution is 2.24. The van der Waals surface area contributed by atoms with E-state index in [2.05, 4.69) is 58.5 Å². The molecular formula is C15H17BrN2. The summed E-state index contributed by atoms with van der Waals surface area (Å²) in [5.74, 6) is 0. The molecule has 0 spiro atoms. The molecule has 0 aliphatic heterocycles. The second-order valence-electron chi connectivity index (χ2n) is 4.63. The molecule has 0 aliphatic rings. The van der Waals surface area contributed by atoms with Crippen molar-refractivity contribution in [3.05, 3.63) is 52.3 Å². The van der Waals surface area contributed by atoms with Crippen molar-refractivity contribution in [1.29, 1.82) is 0 Å². The van der Waals surface area contributed by atoms with E-state index in [0.29, 0.717) is 6.04 Å². The van der Waals surface area contributed by atoms with Crippen molar-refractivity contribution in [2.45, 2.75) is 26.8 Å². The van der Waals surface area contributed by atoms with Gasteiger partial charge < -0.3 is 4.57 Å². The lowest BCUT2D eigenvalue weighted by atomic mass is 10.3. The Labute approximate surface area is 116 Å². The summed E-state index contributed by atoms with van der Waals surface area (Å²) < 4.78 is 3.27. The van der Waals surface area contributed by atoms with E-state index in [1.807, 2.05) is 30.5 Å². The number of hydrogen-bond donors (Lipinski definition) is 0. The molecule has 0 bridgehead atoms. The van der Waals surface area contributed by atoms with Crippen LogP contribution in [0.1, 0.15) is 31.1 Å². The van der Waals surface area contributed by atoms with Crippen LogP contribution in [0.2, 0.25) is 0 Å². The zero-order valence-corrected chi connectivity index (χ0v) is 12.5. The van der Waals surface area contributed by atoms with E-state index in [1.165, 1.54) is 5.69 Å². The minimum absolute atomic E-state index is 0.482. The fraction of sp³-hybridized carbons (Fsp3) is 0.267. The summed E-state index contributed by atoms with van der Waals surface area (Å²) in [5, 5.41) is 0. The minimum atomic E-state index is 0.482. The van der Waals surface area contributed by atoms with Gasteiger partial charge in [0.1, 0.15) is 0 Å². The van der Waals surface area contributed by atoms with Crippen LogP contribution in [0, 0.1) is 6.92 Å². The average molecular weight is 305 g/mol. The smallest absolute Gasteiger partial charge is 0.0771 e. The van der Waals surface area contributed by atoms with E-state index in [0.717, 1.165) is 15.7 Å². The Balaban J connectivity index is 2.24. The summed E-state index contributed by atoms with van der Waals surface area (Å²) in [6.07, 6.45) is 4.05. The van der Waals surface area contributed by atoms with Gasteiger partial charge in [0.05, 0.1) is 5.69 Å². The van der Waals surface area contributed by atoms with Crippen molar-refractivity contribution >= 4 is 27.8 Å². The lowest BCUT2D eigenvalue weighted by Crippen LogP contribution is -2.00. The van der Waals surface area contributed by atoms with Crippen molar-refractivity contribution in [1.82, 2.24) is 4.57 Å². The monoisotopic (exact) mass is 304 g/mol. The molecule has 1 heterocycles. The van der Waals surface area contributed by atoms with Crippen LogP contribution in [0.15, 0.2) is 46.0 Å². The summed E-state index contributed by atoms with van der Waals surface area (Å²) >= 11 is 3.49. The molecule has 0 amide bonds. The first-order chi connectivity index (χ1) is 8.58. The second-order valence-corrected chi connectivity index (χ2v) is 5.48. The fourth-order valence-corrected chi connectivity index (χ4v) is 2.33. The van der Waals surface area contributed by atoms with Gasteiger partial charge >= 0.3 is 0 Å². The maximum Gasteiger partial charge on any atom is 0.0771 e. The molecule has 2 nitrogen and oxygen atoms in total. The van der Waals surface area contributed by atoms with Crippen LogP contribution in [0.3, 0.4) is 0 Å². The maximum absolute atomic E-state index is 4.50. The van der Waals surface area contributed by atoms with Gasteiger partial charge in [0, 0.05) is 34.2 Å². The van der Waals surface area contributed by atoms with Crippen LogP contribution in [0.4, 0.5) is 5.69 Å². The molecular weight excluding hydrogens is 288 g/mol. The molecule has 2 rings (SSSR count). The van der Waals surface area contributed by atoms with E-state index in [4.69, 9.17) is 0 Å². The van der Waals surface area contributed by atoms with Crippen LogP contribution < -0.4 is 0 Å². The topological polar surface area (TPSA) is 17.3 Å². The number of nitrogens with zero attached hydrogens (tertiary/aromatic N) is 2. The van der Waals surface area contributed by atoms with Crippen molar-refractivity contribution < 1.29 is 0 Å². The molecule has 18 heavy (non-hydrogen) atoms. The largest absolute Gasteiger partial charge is 0.349 e. The number of hydrogen-bond acceptors (Lipinski definition) is 1. The summed E-state index contributed by atoms with van der Waals surface area (Å²) in [5.41, 5.74) is 3.35. The predicted molar refractivity (Wildman–Crippen MR) is 81.0 cm³/mol. The predicted octanol–water partition coefficient (Wildman–Crippen LogP) is 4.89. The third-order valence-corrected chi connectivity index (χ3v) is 3.50. The first-order valence-corrected chi connectivity index (χ1v) is 6.84. The third-order valence-electron chi connectivity index (χ3n) is 2.83. The van der Waals surface area contributed by atoms with Crippen LogP contribution in [0.5, 0.6) is 0 Å². The van der Waals surface area contributed by atoms with Gasteiger partial charge in [-0.2, -0.15) is 0 Å². The number of aliphatic imine (C=N–C) groups is 1. The van der Waals surface area contributed by atoms with Crippen LogP contribution >= 0.6 is 15.9 Å². The lowest BCUT2D eigenvalue weighted by molar-refractivity contribution is 0.589. The Morgan fingerprint density at radius 1 is 1.28 bits per heavy atom. The van der Waals surface area contributed by atoms with Gasteiger partial charge in [-0.05, 0) is 54.9 Å². The van der Waals surface area contributed by atoms with Gasteiger partial charge in [-0.1, -0.05) is 12.1 Å². The molecule has 0 aliphatic carbocycles. The molecule has 0 saturated carbocycles. The van der Waals surface area contributed by atoms with Crippen molar-refractivity contribution in [2.24, 2.45) is 4.99 Å². The lowest BCUT2D eigenvalue weighted by Gasteiger charge is -2.08. The summed E-state index contributed by atoms with van der Waals surface area (Å²) in [4.78, 5) is 4.50. The second kappa shape index (κ2) is 5.53. The standard InChI is InChI=1S/C15H17BrN2/c1-11(2)18-10-13(8-12(18)3)9-17-15-7-5-4-6-14(15)16/h4-11H,1-3H3. The molecule has 1 aromatic heterocycles. The van der Waals surface area contributed by atoms with Gasteiger partial charge in [0.2, 0.25) is 0 Å². The van der Waals surface area contributed by atoms with E-state index in [-0.39, 0.29) is 0 Å². The summed E-state index contributed by atoms with van der Waals surface area (Å²) in [6, 6.07) is 10.6. The van der Waals surface area contributed by atoms with Crippen LogP contribution in [0.25, 0.3) is 0 Å². The van der Waals surface area contributed by atoms with E-state index >= 15 is 0 Å². The normalized spacial score (nSPS) is 11.6. The van der Waals surface area contributed by atoms with E-state index in [1.54, 1.807) is 0 Å². The molecule has 0 fully saturated rings. The van der Waals surface area contributed by atoms with Crippen molar-refractivity contribution in [2.75, 3.05) is 0 Å². The highest BCUT2D eigenvalue weighted by atomic mass is 79.9. The summed E-state index contributed by atoms with van der Waals surface area (Å²) in [6.45, 7) is 6.49. The number of halogens is 1. The number of aryl methyl sites for hydroxylation is 1. The van der Waals surface area contributed by atoms with Crippen LogP contribution in [-0.2, 0) is 0 Å². The molecule has 1 aromatic carbocycles. The van der Waals surface area contributed by atoms with Crippen molar-refractivity contribution in [3.63, 3.8) is 0 Å². The number of rotatable bonds is 3. The Bertz CT molecular complexity index is 568. The minimum Gasteiger partial charge on any atom is -0.349 e. The number of para-hydroxylation sites is 1. The molecule has 0 saturated heterocycles. The molecule has 0 atom stereocenters. The molecule has 0 radical (unpaired) electrons. The Kier molecular flexibility index (Phi) is 4.02. The van der Waals surface area contributed by atoms with Gasteiger partial charge in [-0.3, -0.25) is 4.99 Å². The molecule has 3 heteroatoms. The van der Waals surface area contributed by atoms with Gasteiger partial charge in [-0.15, -0.1) is 0 Å². The number of benzene rings is 1. The third kappa shape index (κ3) is 2.91. The highest BCUT2D eigenvalue weighted by Gasteiger charge is 2.03. The molecule has 0 unspecified atom stereocenters. The molecule has 2 aromatic rings. The maximum atomic E-state index is 4.50. The highest BCUT2D eigenvalue weighted by molar-refractivity contribution is 9.10. The Morgan fingerprint density at radius 3 is 2.61 bits per heavy atom. The quantitative estimate of drug-likeness (QED) is 0.718. The zero-order valence-electron chi connectivity index (χ0n) is 10.9. The SMILES string of the molecule is Cc1cc(C=Nc2ccccc2Br)cn1C(C)C. The Hall–Kier alpha value is -1.35.